The summed E-state index contributed by atoms with van der Waals surface area (Å²) in [5, 5.41) is 3.60. The molecule has 0 aliphatic heterocycles. The van der Waals surface area contributed by atoms with Crippen molar-refractivity contribution in [2.45, 2.75) is 45.2 Å². The maximum atomic E-state index is 4.08. The van der Waals surface area contributed by atoms with Gasteiger partial charge in [-0.2, -0.15) is 0 Å². The van der Waals surface area contributed by atoms with Crippen LogP contribution in [0.15, 0.2) is 11.7 Å². The van der Waals surface area contributed by atoms with E-state index in [1.165, 1.54) is 30.6 Å². The number of hydrogen-bond acceptors (Lipinski definition) is 3. The van der Waals surface area contributed by atoms with Crippen LogP contribution < -0.4 is 5.32 Å². The van der Waals surface area contributed by atoms with Gasteiger partial charge in [-0.1, -0.05) is 12.8 Å². The molecule has 1 aromatic heterocycles. The van der Waals surface area contributed by atoms with Crippen LogP contribution in [0.5, 0.6) is 0 Å². The van der Waals surface area contributed by atoms with Gasteiger partial charge in [0, 0.05) is 23.7 Å². The zero-order valence-electron chi connectivity index (χ0n) is 8.70. The van der Waals surface area contributed by atoms with Crippen LogP contribution >= 0.6 is 11.3 Å². The minimum absolute atomic E-state index is 0.666. The van der Waals surface area contributed by atoms with Crippen molar-refractivity contribution in [2.24, 2.45) is 5.92 Å². The van der Waals surface area contributed by atoms with Crippen LogP contribution in [-0.2, 0) is 6.54 Å². The van der Waals surface area contributed by atoms with Crippen molar-refractivity contribution in [3.63, 3.8) is 0 Å². The second-order valence-corrected chi connectivity index (χ2v) is 5.15. The van der Waals surface area contributed by atoms with E-state index in [0.717, 1.165) is 12.5 Å². The average molecular weight is 210 g/mol. The minimum atomic E-state index is 0.666. The summed E-state index contributed by atoms with van der Waals surface area (Å²) in [5.41, 5.74) is 1.90. The smallest absolute Gasteiger partial charge is 0.0794 e. The van der Waals surface area contributed by atoms with E-state index in [9.17, 15) is 0 Å². The van der Waals surface area contributed by atoms with Crippen molar-refractivity contribution >= 4 is 11.3 Å². The van der Waals surface area contributed by atoms with Gasteiger partial charge in [0.05, 0.1) is 5.51 Å². The number of hydrogen-bond donors (Lipinski definition) is 1. The molecule has 2 nitrogen and oxygen atoms in total. The molecule has 1 aromatic rings. The molecular weight excluding hydrogens is 192 g/mol. The van der Waals surface area contributed by atoms with Crippen LogP contribution in [-0.4, -0.2) is 11.0 Å². The van der Waals surface area contributed by atoms with E-state index in [2.05, 4.69) is 17.2 Å². The van der Waals surface area contributed by atoms with Crippen LogP contribution in [0.2, 0.25) is 0 Å². The molecule has 2 rings (SSSR count). The van der Waals surface area contributed by atoms with E-state index in [1.54, 1.807) is 11.3 Å². The summed E-state index contributed by atoms with van der Waals surface area (Å²) in [6.07, 6.45) is 7.64. The number of nitrogens with zero attached hydrogens (tertiary/aromatic N) is 1. The zero-order chi connectivity index (χ0) is 9.80. The molecule has 1 atom stereocenters. The Balaban J connectivity index is 1.74. The number of nitrogens with one attached hydrogen (secondary N) is 1. The monoisotopic (exact) mass is 210 g/mol. The fourth-order valence-corrected chi connectivity index (χ4v) is 2.76. The Labute approximate surface area is 89.8 Å². The molecule has 0 radical (unpaired) electrons. The van der Waals surface area contributed by atoms with E-state index in [0.29, 0.717) is 6.04 Å². The van der Waals surface area contributed by atoms with Gasteiger partial charge in [-0.25, -0.2) is 0 Å². The lowest BCUT2D eigenvalue weighted by molar-refractivity contribution is 0.381. The molecule has 0 bridgehead atoms. The van der Waals surface area contributed by atoms with Crippen molar-refractivity contribution in [3.05, 3.63) is 16.6 Å². The van der Waals surface area contributed by atoms with Gasteiger partial charge in [-0.15, -0.1) is 11.3 Å². The van der Waals surface area contributed by atoms with Gasteiger partial charge in [0.15, 0.2) is 0 Å². The van der Waals surface area contributed by atoms with Gasteiger partial charge in [0.25, 0.3) is 0 Å². The highest BCUT2D eigenvalue weighted by atomic mass is 32.1. The molecule has 0 spiro atoms. The topological polar surface area (TPSA) is 24.9 Å². The van der Waals surface area contributed by atoms with Crippen LogP contribution in [0.4, 0.5) is 0 Å². The van der Waals surface area contributed by atoms with Crippen LogP contribution in [0, 0.1) is 5.92 Å². The van der Waals surface area contributed by atoms with Gasteiger partial charge in [-0.05, 0) is 25.7 Å². The Morgan fingerprint density at radius 2 is 2.36 bits per heavy atom. The summed E-state index contributed by atoms with van der Waals surface area (Å²) in [6.45, 7) is 3.30. The van der Waals surface area contributed by atoms with Crippen molar-refractivity contribution in [1.29, 1.82) is 0 Å². The highest BCUT2D eigenvalue weighted by molar-refractivity contribution is 7.09. The van der Waals surface area contributed by atoms with Crippen molar-refractivity contribution < 1.29 is 0 Å². The Morgan fingerprint density at radius 3 is 3.00 bits per heavy atom. The first-order valence-corrected chi connectivity index (χ1v) is 6.35. The first-order valence-electron chi connectivity index (χ1n) is 5.47. The fraction of sp³-hybridized carbons (Fsp3) is 0.727. The van der Waals surface area contributed by atoms with Gasteiger partial charge >= 0.3 is 0 Å². The van der Waals surface area contributed by atoms with Crippen molar-refractivity contribution in [1.82, 2.24) is 10.3 Å². The predicted molar refractivity (Wildman–Crippen MR) is 60.4 cm³/mol. The van der Waals surface area contributed by atoms with Gasteiger partial charge < -0.3 is 5.32 Å². The zero-order valence-corrected chi connectivity index (χ0v) is 9.52. The summed E-state index contributed by atoms with van der Waals surface area (Å²) in [7, 11) is 0. The molecular formula is C11H18N2S. The van der Waals surface area contributed by atoms with Gasteiger partial charge in [0.1, 0.15) is 0 Å². The Bertz CT molecular complexity index is 252. The maximum Gasteiger partial charge on any atom is 0.0794 e. The van der Waals surface area contributed by atoms with E-state index in [1.807, 2.05) is 11.7 Å². The highest BCUT2D eigenvalue weighted by Crippen LogP contribution is 2.27. The third kappa shape index (κ3) is 2.55. The molecule has 1 fully saturated rings. The Morgan fingerprint density at radius 1 is 1.57 bits per heavy atom. The Hall–Kier alpha value is -0.410. The molecule has 78 valence electrons. The first kappa shape index (κ1) is 10.1. The van der Waals surface area contributed by atoms with Crippen molar-refractivity contribution in [3.8, 4) is 0 Å². The summed E-state index contributed by atoms with van der Waals surface area (Å²) in [6, 6.07) is 0.666. The molecule has 0 aromatic carbocycles. The van der Waals surface area contributed by atoms with E-state index >= 15 is 0 Å². The minimum Gasteiger partial charge on any atom is -0.309 e. The number of thiazole rings is 1. The van der Waals surface area contributed by atoms with Crippen LogP contribution in [0.3, 0.4) is 0 Å². The van der Waals surface area contributed by atoms with Gasteiger partial charge in [-0.3, -0.25) is 4.98 Å². The molecule has 1 heterocycles. The molecule has 1 saturated carbocycles. The number of rotatable bonds is 4. The van der Waals surface area contributed by atoms with E-state index < -0.39 is 0 Å². The normalized spacial score (nSPS) is 20.1. The van der Waals surface area contributed by atoms with Crippen molar-refractivity contribution in [2.75, 3.05) is 0 Å². The molecule has 14 heavy (non-hydrogen) atoms. The maximum absolute atomic E-state index is 4.08. The first-order chi connectivity index (χ1) is 6.86. The fourth-order valence-electron chi connectivity index (χ4n) is 2.22. The standard InChI is InChI=1S/C11H18N2S/c1-9(10-4-2-3-5-10)13-7-11-6-12-8-14-11/h6,8-10,13H,2-5,7H2,1H3/t9-/m1/s1. The molecule has 0 amide bonds. The third-order valence-corrected chi connectivity index (χ3v) is 3.97. The number of aromatic nitrogens is 1. The van der Waals surface area contributed by atoms with E-state index in [4.69, 9.17) is 0 Å². The van der Waals surface area contributed by atoms with Crippen LogP contribution in [0.25, 0.3) is 0 Å². The second-order valence-electron chi connectivity index (χ2n) is 4.18. The molecule has 1 aliphatic rings. The average Bonchev–Trinajstić information content (AvgIpc) is 2.87. The SMILES string of the molecule is C[C@@H](NCc1cncs1)C1CCCC1. The van der Waals surface area contributed by atoms with E-state index in [-0.39, 0.29) is 0 Å². The van der Waals surface area contributed by atoms with Gasteiger partial charge in [0.2, 0.25) is 0 Å². The quantitative estimate of drug-likeness (QED) is 0.826. The molecule has 3 heteroatoms. The molecule has 1 aliphatic carbocycles. The molecule has 0 saturated heterocycles. The second kappa shape index (κ2) is 4.89. The lowest BCUT2D eigenvalue weighted by Crippen LogP contribution is -2.31. The predicted octanol–water partition coefficient (Wildman–Crippen LogP) is 2.81. The summed E-state index contributed by atoms with van der Waals surface area (Å²) in [5.74, 6) is 0.905. The Kier molecular flexibility index (Phi) is 3.54. The summed E-state index contributed by atoms with van der Waals surface area (Å²) < 4.78 is 0. The molecule has 0 unspecified atom stereocenters. The summed E-state index contributed by atoms with van der Waals surface area (Å²) >= 11 is 1.73. The lowest BCUT2D eigenvalue weighted by Gasteiger charge is -2.19. The lowest BCUT2D eigenvalue weighted by atomic mass is 10.00. The summed E-state index contributed by atoms with van der Waals surface area (Å²) in [4.78, 5) is 5.42. The third-order valence-electron chi connectivity index (χ3n) is 3.19. The highest BCUT2D eigenvalue weighted by Gasteiger charge is 2.20. The largest absolute Gasteiger partial charge is 0.309 e. The van der Waals surface area contributed by atoms with Crippen LogP contribution in [0.1, 0.15) is 37.5 Å². The molecule has 1 N–H and O–H groups in total.